The summed E-state index contributed by atoms with van der Waals surface area (Å²) in [6, 6.07) is 16.5. The zero-order valence-corrected chi connectivity index (χ0v) is 12.1. The lowest BCUT2D eigenvalue weighted by Crippen LogP contribution is -2.05. The van der Waals surface area contributed by atoms with Gasteiger partial charge in [-0.05, 0) is 41.8 Å². The number of anilines is 1. The smallest absolute Gasteiger partial charge is 0.118 e. The summed E-state index contributed by atoms with van der Waals surface area (Å²) in [5.74, 6) is 0.897. The van der Waals surface area contributed by atoms with Crippen LogP contribution in [0.15, 0.2) is 48.5 Å². The lowest BCUT2D eigenvalue weighted by molar-refractivity contribution is 0.185. The number of nitrogens with one attached hydrogen (secondary N) is 1. The van der Waals surface area contributed by atoms with Crippen molar-refractivity contribution in [3.63, 3.8) is 0 Å². The largest absolute Gasteiger partial charge is 0.497 e. The average Bonchev–Trinajstić information content (AvgIpc) is 2.49. The first-order valence-electron chi connectivity index (χ1n) is 6.76. The maximum Gasteiger partial charge on any atom is 0.118 e. The van der Waals surface area contributed by atoms with Gasteiger partial charge in [0, 0.05) is 19.3 Å². The molecular weight excluding hydrogens is 250 g/mol. The van der Waals surface area contributed by atoms with Crippen LogP contribution >= 0.6 is 0 Å². The molecule has 3 nitrogen and oxygen atoms in total. The molecule has 0 aromatic heterocycles. The Morgan fingerprint density at radius 3 is 2.45 bits per heavy atom. The maximum atomic E-state index is 5.15. The highest BCUT2D eigenvalue weighted by molar-refractivity contribution is 5.45. The summed E-state index contributed by atoms with van der Waals surface area (Å²) in [7, 11) is 3.40. The van der Waals surface area contributed by atoms with Crippen LogP contribution in [0.25, 0.3) is 0 Å². The lowest BCUT2D eigenvalue weighted by Gasteiger charge is -2.08. The molecule has 1 N–H and O–H groups in total. The van der Waals surface area contributed by atoms with Gasteiger partial charge < -0.3 is 14.8 Å². The van der Waals surface area contributed by atoms with E-state index in [9.17, 15) is 0 Å². The molecular formula is C17H21NO2. The molecule has 0 saturated heterocycles. The Bertz CT molecular complexity index is 523. The highest BCUT2D eigenvalue weighted by Crippen LogP contribution is 2.13. The Morgan fingerprint density at radius 2 is 1.75 bits per heavy atom. The minimum atomic E-state index is 0.647. The van der Waals surface area contributed by atoms with Gasteiger partial charge in [-0.15, -0.1) is 0 Å². The van der Waals surface area contributed by atoms with Crippen molar-refractivity contribution < 1.29 is 9.47 Å². The highest BCUT2D eigenvalue weighted by Gasteiger charge is 1.97. The molecule has 0 fully saturated rings. The predicted octanol–water partition coefficient (Wildman–Crippen LogP) is 3.50. The van der Waals surface area contributed by atoms with Gasteiger partial charge in [0.15, 0.2) is 0 Å². The first-order chi connectivity index (χ1) is 9.81. The molecule has 0 aliphatic rings. The number of hydrogen-bond acceptors (Lipinski definition) is 3. The molecule has 0 atom stereocenters. The fourth-order valence-electron chi connectivity index (χ4n) is 2.08. The molecule has 0 radical (unpaired) electrons. The monoisotopic (exact) mass is 271 g/mol. The van der Waals surface area contributed by atoms with Crippen LogP contribution in [0.2, 0.25) is 0 Å². The van der Waals surface area contributed by atoms with Gasteiger partial charge in [0.1, 0.15) is 5.75 Å². The highest BCUT2D eigenvalue weighted by atomic mass is 16.5. The third-order valence-corrected chi connectivity index (χ3v) is 3.14. The van der Waals surface area contributed by atoms with Crippen LogP contribution in [-0.4, -0.2) is 20.8 Å². The van der Waals surface area contributed by atoms with Gasteiger partial charge in [-0.1, -0.05) is 24.3 Å². The van der Waals surface area contributed by atoms with Crippen LogP contribution < -0.4 is 10.1 Å². The summed E-state index contributed by atoms with van der Waals surface area (Å²) in [5.41, 5.74) is 3.61. The van der Waals surface area contributed by atoms with Crippen LogP contribution in [0, 0.1) is 0 Å². The molecule has 0 bridgehead atoms. The minimum absolute atomic E-state index is 0.647. The van der Waals surface area contributed by atoms with Crippen molar-refractivity contribution in [2.45, 2.75) is 13.0 Å². The first-order valence-corrected chi connectivity index (χ1v) is 6.76. The van der Waals surface area contributed by atoms with Crippen LogP contribution in [0.1, 0.15) is 11.1 Å². The van der Waals surface area contributed by atoms with E-state index in [-0.39, 0.29) is 0 Å². The second-order valence-corrected chi connectivity index (χ2v) is 4.66. The predicted molar refractivity (Wildman–Crippen MR) is 82.3 cm³/mol. The molecule has 0 aliphatic carbocycles. The van der Waals surface area contributed by atoms with Crippen molar-refractivity contribution in [1.82, 2.24) is 0 Å². The number of ether oxygens (including phenoxy) is 2. The Balaban J connectivity index is 1.84. The molecule has 0 amide bonds. The third kappa shape index (κ3) is 4.28. The van der Waals surface area contributed by atoms with E-state index in [4.69, 9.17) is 9.47 Å². The molecule has 0 unspecified atom stereocenters. The number of rotatable bonds is 7. The standard InChI is InChI=1S/C17H21NO2/c1-19-13-15-4-3-5-16(12-15)18-11-10-14-6-8-17(20-2)9-7-14/h3-9,12,18H,10-11,13H2,1-2H3. The summed E-state index contributed by atoms with van der Waals surface area (Å²) < 4.78 is 10.3. The molecule has 2 rings (SSSR count). The van der Waals surface area contributed by atoms with Gasteiger partial charge in [0.05, 0.1) is 13.7 Å². The summed E-state index contributed by atoms with van der Waals surface area (Å²) in [5, 5.41) is 3.43. The zero-order chi connectivity index (χ0) is 14.2. The van der Waals surface area contributed by atoms with Gasteiger partial charge >= 0.3 is 0 Å². The quantitative estimate of drug-likeness (QED) is 0.836. The van der Waals surface area contributed by atoms with E-state index in [0.717, 1.165) is 24.4 Å². The van der Waals surface area contributed by atoms with Crippen molar-refractivity contribution in [2.24, 2.45) is 0 Å². The van der Waals surface area contributed by atoms with E-state index in [0.29, 0.717) is 6.61 Å². The van der Waals surface area contributed by atoms with Gasteiger partial charge in [0.25, 0.3) is 0 Å². The summed E-state index contributed by atoms with van der Waals surface area (Å²) >= 11 is 0. The Morgan fingerprint density at radius 1 is 0.950 bits per heavy atom. The Labute approximate surface area is 120 Å². The molecule has 0 spiro atoms. The van der Waals surface area contributed by atoms with Crippen LogP contribution in [-0.2, 0) is 17.8 Å². The van der Waals surface area contributed by atoms with E-state index in [1.54, 1.807) is 14.2 Å². The first kappa shape index (κ1) is 14.4. The van der Waals surface area contributed by atoms with E-state index >= 15 is 0 Å². The molecule has 0 saturated carbocycles. The van der Waals surface area contributed by atoms with E-state index in [1.807, 2.05) is 18.2 Å². The maximum absolute atomic E-state index is 5.15. The van der Waals surface area contributed by atoms with Crippen LogP contribution in [0.4, 0.5) is 5.69 Å². The average molecular weight is 271 g/mol. The van der Waals surface area contributed by atoms with Crippen LogP contribution in [0.5, 0.6) is 5.75 Å². The fraction of sp³-hybridized carbons (Fsp3) is 0.294. The Hall–Kier alpha value is -2.00. The second-order valence-electron chi connectivity index (χ2n) is 4.66. The number of methoxy groups -OCH3 is 2. The van der Waals surface area contributed by atoms with Crippen molar-refractivity contribution in [1.29, 1.82) is 0 Å². The fourth-order valence-corrected chi connectivity index (χ4v) is 2.08. The normalized spacial score (nSPS) is 10.3. The van der Waals surface area contributed by atoms with E-state index < -0.39 is 0 Å². The Kier molecular flexibility index (Phi) is 5.44. The van der Waals surface area contributed by atoms with Gasteiger partial charge in [-0.3, -0.25) is 0 Å². The summed E-state index contributed by atoms with van der Waals surface area (Å²) in [6.07, 6.45) is 0.985. The summed E-state index contributed by atoms with van der Waals surface area (Å²) in [4.78, 5) is 0. The van der Waals surface area contributed by atoms with Gasteiger partial charge in [0.2, 0.25) is 0 Å². The second kappa shape index (κ2) is 7.56. The molecule has 20 heavy (non-hydrogen) atoms. The number of hydrogen-bond donors (Lipinski definition) is 1. The van der Waals surface area contributed by atoms with Crippen molar-refractivity contribution in [3.8, 4) is 5.75 Å². The molecule has 0 aliphatic heterocycles. The van der Waals surface area contributed by atoms with E-state index in [2.05, 4.69) is 35.6 Å². The lowest BCUT2D eigenvalue weighted by atomic mass is 10.1. The van der Waals surface area contributed by atoms with Crippen LogP contribution in [0.3, 0.4) is 0 Å². The third-order valence-electron chi connectivity index (χ3n) is 3.14. The molecule has 106 valence electrons. The van der Waals surface area contributed by atoms with Gasteiger partial charge in [-0.25, -0.2) is 0 Å². The minimum Gasteiger partial charge on any atom is -0.497 e. The van der Waals surface area contributed by atoms with Crippen molar-refractivity contribution >= 4 is 5.69 Å². The molecule has 2 aromatic rings. The summed E-state index contributed by atoms with van der Waals surface area (Å²) in [6.45, 7) is 1.55. The van der Waals surface area contributed by atoms with Crippen molar-refractivity contribution in [3.05, 3.63) is 59.7 Å². The molecule has 3 heteroatoms. The molecule has 0 heterocycles. The molecule has 2 aromatic carbocycles. The van der Waals surface area contributed by atoms with Crippen molar-refractivity contribution in [2.75, 3.05) is 26.1 Å². The topological polar surface area (TPSA) is 30.5 Å². The number of benzene rings is 2. The zero-order valence-electron chi connectivity index (χ0n) is 12.1. The van der Waals surface area contributed by atoms with Gasteiger partial charge in [-0.2, -0.15) is 0 Å². The van der Waals surface area contributed by atoms with E-state index in [1.165, 1.54) is 11.1 Å². The SMILES string of the molecule is COCc1cccc(NCCc2ccc(OC)cc2)c1.